The van der Waals surface area contributed by atoms with E-state index in [1.165, 1.54) is 11.8 Å². The molecular weight excluding hydrogens is 358 g/mol. The zero-order chi connectivity index (χ0) is 19.3. The van der Waals surface area contributed by atoms with Crippen LogP contribution in [0.4, 0.5) is 0 Å². The molecule has 0 bridgehead atoms. The number of carbonyl (C=O) groups is 2. The minimum atomic E-state index is -3.10. The number of rotatable bonds is 7. The van der Waals surface area contributed by atoms with Gasteiger partial charge in [-0.25, -0.2) is 13.2 Å². The number of para-hydroxylation sites is 1. The molecule has 1 aliphatic rings. The highest BCUT2D eigenvalue weighted by molar-refractivity contribution is 7.91. The molecule has 2 rings (SSSR count). The molecule has 0 aliphatic carbocycles. The predicted octanol–water partition coefficient (Wildman–Crippen LogP) is 1.34. The molecule has 2 atom stereocenters. The lowest BCUT2D eigenvalue weighted by atomic mass is 10.2. The molecule has 1 aromatic rings. The van der Waals surface area contributed by atoms with E-state index in [1.807, 2.05) is 19.1 Å². The van der Waals surface area contributed by atoms with Gasteiger partial charge < -0.3 is 14.4 Å². The average Bonchev–Trinajstić information content (AvgIpc) is 2.94. The fraction of sp³-hybridized carbons (Fsp3) is 0.556. The first kappa shape index (κ1) is 20.2. The topological polar surface area (TPSA) is 90.0 Å². The van der Waals surface area contributed by atoms with E-state index in [-0.39, 0.29) is 30.1 Å². The summed E-state index contributed by atoms with van der Waals surface area (Å²) < 4.78 is 33.9. The summed E-state index contributed by atoms with van der Waals surface area (Å²) in [7, 11) is -3.10. The molecule has 1 fully saturated rings. The van der Waals surface area contributed by atoms with E-state index in [1.54, 1.807) is 19.1 Å². The molecular formula is C18H25NO6S. The second-order valence-electron chi connectivity index (χ2n) is 6.37. The number of likely N-dealkylation sites (N-methyl/N-ethyl adjacent to an activating group) is 1. The van der Waals surface area contributed by atoms with Crippen molar-refractivity contribution in [3.05, 3.63) is 29.8 Å². The van der Waals surface area contributed by atoms with Gasteiger partial charge in [0.2, 0.25) is 0 Å². The number of sulfone groups is 1. The maximum atomic E-state index is 12.5. The highest BCUT2D eigenvalue weighted by atomic mass is 32.2. The molecule has 0 spiro atoms. The van der Waals surface area contributed by atoms with Crippen LogP contribution in [0.25, 0.3) is 0 Å². The Labute approximate surface area is 154 Å². The molecule has 1 saturated heterocycles. The minimum Gasteiger partial charge on any atom is -0.482 e. The molecule has 1 aliphatic heterocycles. The van der Waals surface area contributed by atoms with Crippen LogP contribution in [-0.4, -0.2) is 62.0 Å². The predicted molar refractivity (Wildman–Crippen MR) is 96.7 cm³/mol. The lowest BCUT2D eigenvalue weighted by Crippen LogP contribution is -2.46. The SMILES string of the molecule is CCN(C(=O)C(C)OC(=O)COc1ccccc1C)C1CCS(=O)(=O)C1. The third-order valence-corrected chi connectivity index (χ3v) is 6.12. The Morgan fingerprint density at radius 2 is 2.00 bits per heavy atom. The number of amides is 1. The number of ether oxygens (including phenoxy) is 2. The fourth-order valence-electron chi connectivity index (χ4n) is 2.99. The van der Waals surface area contributed by atoms with Gasteiger partial charge in [0.1, 0.15) is 5.75 Å². The first-order chi connectivity index (χ1) is 12.2. The summed E-state index contributed by atoms with van der Waals surface area (Å²) in [5.41, 5.74) is 0.893. The Morgan fingerprint density at radius 1 is 1.31 bits per heavy atom. The van der Waals surface area contributed by atoms with Gasteiger partial charge in [-0.1, -0.05) is 18.2 Å². The standard InChI is InChI=1S/C18H25NO6S/c1-4-19(15-9-10-26(22,23)12-15)18(21)14(3)25-17(20)11-24-16-8-6-5-7-13(16)2/h5-8,14-15H,4,9-12H2,1-3H3. The van der Waals surface area contributed by atoms with Crippen LogP contribution in [0.15, 0.2) is 24.3 Å². The van der Waals surface area contributed by atoms with Crippen molar-refractivity contribution in [2.45, 2.75) is 39.3 Å². The Kier molecular flexibility index (Phi) is 6.63. The largest absolute Gasteiger partial charge is 0.482 e. The number of benzene rings is 1. The molecule has 2 unspecified atom stereocenters. The fourth-order valence-corrected chi connectivity index (χ4v) is 4.72. The van der Waals surface area contributed by atoms with Gasteiger partial charge >= 0.3 is 5.97 Å². The second kappa shape index (κ2) is 8.53. The Hall–Kier alpha value is -2.09. The number of hydrogen-bond donors (Lipinski definition) is 0. The molecule has 144 valence electrons. The number of nitrogens with zero attached hydrogens (tertiary/aromatic N) is 1. The van der Waals surface area contributed by atoms with Crippen LogP contribution in [0.2, 0.25) is 0 Å². The van der Waals surface area contributed by atoms with Crippen molar-refractivity contribution in [1.29, 1.82) is 0 Å². The van der Waals surface area contributed by atoms with Crippen molar-refractivity contribution < 1.29 is 27.5 Å². The van der Waals surface area contributed by atoms with Crippen molar-refractivity contribution in [3.63, 3.8) is 0 Å². The summed E-state index contributed by atoms with van der Waals surface area (Å²) in [5.74, 6) is -0.415. The van der Waals surface area contributed by atoms with Crippen LogP contribution >= 0.6 is 0 Å². The smallest absolute Gasteiger partial charge is 0.344 e. The molecule has 26 heavy (non-hydrogen) atoms. The third kappa shape index (κ3) is 5.20. The van der Waals surface area contributed by atoms with Crippen LogP contribution < -0.4 is 4.74 Å². The Morgan fingerprint density at radius 3 is 2.58 bits per heavy atom. The van der Waals surface area contributed by atoms with Crippen LogP contribution in [0.1, 0.15) is 25.8 Å². The van der Waals surface area contributed by atoms with Gasteiger partial charge in [-0.2, -0.15) is 0 Å². The van der Waals surface area contributed by atoms with E-state index in [9.17, 15) is 18.0 Å². The molecule has 0 aromatic heterocycles. The van der Waals surface area contributed by atoms with E-state index >= 15 is 0 Å². The zero-order valence-corrected chi connectivity index (χ0v) is 16.1. The lowest BCUT2D eigenvalue weighted by molar-refractivity contribution is -0.161. The van der Waals surface area contributed by atoms with E-state index in [0.717, 1.165) is 5.56 Å². The molecule has 1 amide bonds. The summed E-state index contributed by atoms with van der Waals surface area (Å²) in [6.07, 6.45) is -0.579. The second-order valence-corrected chi connectivity index (χ2v) is 8.60. The van der Waals surface area contributed by atoms with Crippen molar-refractivity contribution in [2.24, 2.45) is 0 Å². The highest BCUT2D eigenvalue weighted by Crippen LogP contribution is 2.19. The van der Waals surface area contributed by atoms with Crippen molar-refractivity contribution in [2.75, 3.05) is 24.7 Å². The van der Waals surface area contributed by atoms with E-state index in [2.05, 4.69) is 0 Å². The van der Waals surface area contributed by atoms with Gasteiger partial charge in [0, 0.05) is 12.6 Å². The molecule has 1 heterocycles. The number of hydrogen-bond acceptors (Lipinski definition) is 6. The summed E-state index contributed by atoms with van der Waals surface area (Å²) in [4.78, 5) is 26.0. The molecule has 7 nitrogen and oxygen atoms in total. The van der Waals surface area contributed by atoms with Crippen LogP contribution in [-0.2, 0) is 24.2 Å². The zero-order valence-electron chi connectivity index (χ0n) is 15.3. The summed E-state index contributed by atoms with van der Waals surface area (Å²) in [6.45, 7) is 5.19. The molecule has 0 saturated carbocycles. The van der Waals surface area contributed by atoms with Gasteiger partial charge in [0.05, 0.1) is 11.5 Å². The lowest BCUT2D eigenvalue weighted by Gasteiger charge is -2.29. The Bertz CT molecular complexity index is 761. The summed E-state index contributed by atoms with van der Waals surface area (Å²) in [5, 5.41) is 0. The van der Waals surface area contributed by atoms with Crippen LogP contribution in [0.3, 0.4) is 0 Å². The van der Waals surface area contributed by atoms with Gasteiger partial charge in [0.15, 0.2) is 22.5 Å². The summed E-state index contributed by atoms with van der Waals surface area (Å²) >= 11 is 0. The molecule has 0 N–H and O–H groups in total. The quantitative estimate of drug-likeness (QED) is 0.660. The van der Waals surface area contributed by atoms with Gasteiger partial charge in [0.25, 0.3) is 5.91 Å². The Balaban J connectivity index is 1.89. The molecule has 8 heteroatoms. The van der Waals surface area contributed by atoms with E-state index in [4.69, 9.17) is 9.47 Å². The molecule has 0 radical (unpaired) electrons. The first-order valence-corrected chi connectivity index (χ1v) is 10.4. The number of esters is 1. The number of carbonyl (C=O) groups excluding carboxylic acids is 2. The molecule has 1 aromatic carbocycles. The summed E-state index contributed by atoms with van der Waals surface area (Å²) in [6, 6.07) is 6.91. The maximum absolute atomic E-state index is 12.5. The first-order valence-electron chi connectivity index (χ1n) is 8.62. The van der Waals surface area contributed by atoms with Gasteiger partial charge in [-0.15, -0.1) is 0 Å². The monoisotopic (exact) mass is 383 g/mol. The third-order valence-electron chi connectivity index (χ3n) is 4.37. The van der Waals surface area contributed by atoms with Crippen molar-refractivity contribution in [1.82, 2.24) is 4.90 Å². The van der Waals surface area contributed by atoms with Crippen molar-refractivity contribution >= 4 is 21.7 Å². The van der Waals surface area contributed by atoms with Gasteiger partial charge in [-0.3, -0.25) is 4.79 Å². The highest BCUT2D eigenvalue weighted by Gasteiger charge is 2.36. The van der Waals surface area contributed by atoms with Crippen molar-refractivity contribution in [3.8, 4) is 5.75 Å². The van der Waals surface area contributed by atoms with Crippen LogP contribution in [0.5, 0.6) is 5.75 Å². The average molecular weight is 383 g/mol. The van der Waals surface area contributed by atoms with E-state index < -0.39 is 21.9 Å². The van der Waals surface area contributed by atoms with E-state index in [0.29, 0.717) is 18.7 Å². The normalized spacial score (nSPS) is 19.6. The van der Waals surface area contributed by atoms with Gasteiger partial charge in [-0.05, 0) is 38.8 Å². The van der Waals surface area contributed by atoms with Crippen LogP contribution in [0, 0.1) is 6.92 Å². The minimum absolute atomic E-state index is 0.0381. The number of aryl methyl sites for hydroxylation is 1. The maximum Gasteiger partial charge on any atom is 0.344 e.